The van der Waals surface area contributed by atoms with Crippen molar-refractivity contribution in [2.75, 3.05) is 6.61 Å². The Morgan fingerprint density at radius 3 is 2.32 bits per heavy atom. The lowest BCUT2D eigenvalue weighted by molar-refractivity contribution is -0.0544. The van der Waals surface area contributed by atoms with Crippen LogP contribution in [0.4, 0.5) is 13.2 Å². The van der Waals surface area contributed by atoms with Gasteiger partial charge in [-0.05, 0) is 6.42 Å². The molecule has 4 nitrogen and oxygen atoms in total. The van der Waals surface area contributed by atoms with Crippen molar-refractivity contribution in [2.45, 2.75) is 63.2 Å². The maximum absolute atomic E-state index is 12.0. The van der Waals surface area contributed by atoms with Gasteiger partial charge in [-0.25, -0.2) is 0 Å². The van der Waals surface area contributed by atoms with E-state index in [0.717, 1.165) is 32.1 Å². The number of unbranched alkanes of at least 4 members (excludes halogenated alkanes) is 4. The molecular formula is C11H19F3O4S. The van der Waals surface area contributed by atoms with Crippen LogP contribution in [0, 0.1) is 0 Å². The highest BCUT2D eigenvalue weighted by Crippen LogP contribution is 2.30. The molecule has 0 aliphatic carbocycles. The lowest BCUT2D eigenvalue weighted by Gasteiger charge is -2.06. The van der Waals surface area contributed by atoms with Gasteiger partial charge < -0.3 is 4.74 Å². The molecule has 1 aliphatic rings. The zero-order chi connectivity index (χ0) is 14.5. The number of rotatable bonds is 9. The molecule has 1 rings (SSSR count). The number of hydrogen-bond acceptors (Lipinski definition) is 4. The van der Waals surface area contributed by atoms with Crippen molar-refractivity contribution in [2.24, 2.45) is 0 Å². The molecule has 0 aromatic carbocycles. The fraction of sp³-hybridized carbons (Fsp3) is 1.00. The van der Waals surface area contributed by atoms with Gasteiger partial charge >= 0.3 is 15.6 Å². The highest BCUT2D eigenvalue weighted by molar-refractivity contribution is 7.87. The van der Waals surface area contributed by atoms with E-state index in [1.807, 2.05) is 0 Å². The molecule has 0 bridgehead atoms. The van der Waals surface area contributed by atoms with Crippen LogP contribution in [0.15, 0.2) is 0 Å². The normalized spacial score (nSPS) is 23.6. The lowest BCUT2D eigenvalue weighted by Crippen LogP contribution is -2.27. The summed E-state index contributed by atoms with van der Waals surface area (Å²) in [7, 11) is -5.49. The van der Waals surface area contributed by atoms with Crippen LogP contribution in [0.2, 0.25) is 0 Å². The fourth-order valence-electron chi connectivity index (χ4n) is 1.75. The maximum Gasteiger partial charge on any atom is 0.523 e. The van der Waals surface area contributed by atoms with E-state index in [0.29, 0.717) is 0 Å². The molecule has 0 aromatic heterocycles. The van der Waals surface area contributed by atoms with Crippen molar-refractivity contribution in [3.8, 4) is 0 Å². The van der Waals surface area contributed by atoms with Crippen LogP contribution in [0.1, 0.15) is 45.4 Å². The first-order valence-electron chi connectivity index (χ1n) is 6.39. The van der Waals surface area contributed by atoms with Crippen LogP contribution < -0.4 is 0 Å². The third kappa shape index (κ3) is 5.66. The van der Waals surface area contributed by atoms with Crippen LogP contribution in [0.5, 0.6) is 0 Å². The number of alkyl halides is 3. The largest absolute Gasteiger partial charge is 0.523 e. The van der Waals surface area contributed by atoms with Crippen molar-refractivity contribution in [1.29, 1.82) is 0 Å². The summed E-state index contributed by atoms with van der Waals surface area (Å²) < 4.78 is 66.1. The Morgan fingerprint density at radius 1 is 1.11 bits per heavy atom. The van der Waals surface area contributed by atoms with E-state index in [-0.39, 0.29) is 6.10 Å². The van der Waals surface area contributed by atoms with E-state index in [1.54, 1.807) is 0 Å². The van der Waals surface area contributed by atoms with Gasteiger partial charge in [-0.15, -0.1) is 0 Å². The first-order valence-corrected chi connectivity index (χ1v) is 7.80. The zero-order valence-electron chi connectivity index (χ0n) is 10.8. The van der Waals surface area contributed by atoms with Gasteiger partial charge in [0.15, 0.2) is 0 Å². The minimum atomic E-state index is -5.49. The zero-order valence-corrected chi connectivity index (χ0v) is 11.6. The minimum Gasteiger partial charge on any atom is -0.367 e. The Kier molecular flexibility index (Phi) is 6.07. The van der Waals surface area contributed by atoms with Gasteiger partial charge in [0.05, 0.1) is 12.7 Å². The third-order valence-corrected chi connectivity index (χ3v) is 3.96. The summed E-state index contributed by atoms with van der Waals surface area (Å²) in [4.78, 5) is 0. The van der Waals surface area contributed by atoms with Crippen molar-refractivity contribution in [3.63, 3.8) is 0 Å². The van der Waals surface area contributed by atoms with Gasteiger partial charge in [0.1, 0.15) is 6.10 Å². The highest BCUT2D eigenvalue weighted by atomic mass is 32.2. The van der Waals surface area contributed by atoms with Gasteiger partial charge in [0, 0.05) is 0 Å². The maximum atomic E-state index is 12.0. The second-order valence-corrected chi connectivity index (χ2v) is 6.21. The molecule has 8 heteroatoms. The summed E-state index contributed by atoms with van der Waals surface area (Å²) in [6, 6.07) is 0. The second-order valence-electron chi connectivity index (χ2n) is 4.60. The number of epoxide rings is 1. The summed E-state index contributed by atoms with van der Waals surface area (Å²) in [6.45, 7) is 1.56. The third-order valence-electron chi connectivity index (χ3n) is 2.95. The summed E-state index contributed by atoms with van der Waals surface area (Å²) in [5.74, 6) is 0. The Bertz CT molecular complexity index is 367. The second kappa shape index (κ2) is 6.90. The van der Waals surface area contributed by atoms with Crippen LogP contribution in [0.3, 0.4) is 0 Å². The van der Waals surface area contributed by atoms with Crippen molar-refractivity contribution >= 4 is 10.1 Å². The molecule has 0 amide bonds. The smallest absolute Gasteiger partial charge is 0.367 e. The van der Waals surface area contributed by atoms with E-state index in [1.165, 1.54) is 6.42 Å². The molecule has 114 valence electrons. The van der Waals surface area contributed by atoms with Gasteiger partial charge in [-0.1, -0.05) is 39.0 Å². The predicted octanol–water partition coefficient (Wildman–Crippen LogP) is 2.98. The first kappa shape index (κ1) is 16.7. The molecule has 1 aliphatic heterocycles. The average Bonchev–Trinajstić information content (AvgIpc) is 3.04. The SMILES string of the molecule is CCCCCCC[C@H]1O[C@H]1COS(=O)(=O)C(F)(F)F. The van der Waals surface area contributed by atoms with Gasteiger partial charge in [-0.3, -0.25) is 4.18 Å². The van der Waals surface area contributed by atoms with E-state index >= 15 is 0 Å². The van der Waals surface area contributed by atoms with Crippen molar-refractivity contribution in [3.05, 3.63) is 0 Å². The molecule has 0 spiro atoms. The molecule has 19 heavy (non-hydrogen) atoms. The Labute approximate surface area is 111 Å². The quantitative estimate of drug-likeness (QED) is 0.284. The Balaban J connectivity index is 2.11. The molecule has 0 aromatic rings. The van der Waals surface area contributed by atoms with Gasteiger partial charge in [-0.2, -0.15) is 21.6 Å². The van der Waals surface area contributed by atoms with Crippen LogP contribution in [-0.2, 0) is 19.0 Å². The van der Waals surface area contributed by atoms with Crippen LogP contribution in [0.25, 0.3) is 0 Å². The minimum absolute atomic E-state index is 0.162. The molecule has 2 atom stereocenters. The monoisotopic (exact) mass is 304 g/mol. The number of ether oxygens (including phenoxy) is 1. The highest BCUT2D eigenvalue weighted by Gasteiger charge is 2.49. The number of halogens is 3. The summed E-state index contributed by atoms with van der Waals surface area (Å²) >= 11 is 0. The lowest BCUT2D eigenvalue weighted by atomic mass is 10.1. The molecule has 0 unspecified atom stereocenters. The molecule has 0 radical (unpaired) electrons. The van der Waals surface area contributed by atoms with Crippen molar-refractivity contribution < 1.29 is 30.5 Å². The van der Waals surface area contributed by atoms with Gasteiger partial charge in [0.2, 0.25) is 0 Å². The summed E-state index contributed by atoms with van der Waals surface area (Å²) in [6.07, 6.45) is 5.49. The topological polar surface area (TPSA) is 55.9 Å². The first-order chi connectivity index (χ1) is 8.78. The van der Waals surface area contributed by atoms with E-state index in [4.69, 9.17) is 4.74 Å². The number of hydrogen-bond donors (Lipinski definition) is 0. The molecule has 0 saturated carbocycles. The standard InChI is InChI=1S/C11H19F3O4S/c1-2-3-4-5-6-7-9-10(18-9)8-17-19(15,16)11(12,13)14/h9-10H,2-8H2,1H3/t9-,10+/m1/s1. The molecular weight excluding hydrogens is 285 g/mol. The Morgan fingerprint density at radius 2 is 1.74 bits per heavy atom. The molecule has 1 fully saturated rings. The predicted molar refractivity (Wildman–Crippen MR) is 63.0 cm³/mol. The van der Waals surface area contributed by atoms with E-state index < -0.39 is 28.3 Å². The molecule has 1 saturated heterocycles. The van der Waals surface area contributed by atoms with E-state index in [2.05, 4.69) is 11.1 Å². The van der Waals surface area contributed by atoms with Crippen LogP contribution in [-0.4, -0.2) is 32.7 Å². The van der Waals surface area contributed by atoms with Crippen molar-refractivity contribution in [1.82, 2.24) is 0 Å². The fourth-order valence-corrected chi connectivity index (χ4v) is 2.20. The molecule has 0 N–H and O–H groups in total. The summed E-state index contributed by atoms with van der Waals surface area (Å²) in [5, 5.41) is 0. The summed E-state index contributed by atoms with van der Waals surface area (Å²) in [5.41, 5.74) is -5.36. The Hall–Kier alpha value is -0.340. The average molecular weight is 304 g/mol. The molecule has 1 heterocycles. The van der Waals surface area contributed by atoms with Crippen LogP contribution >= 0.6 is 0 Å². The van der Waals surface area contributed by atoms with E-state index in [9.17, 15) is 21.6 Å². The van der Waals surface area contributed by atoms with Gasteiger partial charge in [0.25, 0.3) is 0 Å².